The fourth-order valence-electron chi connectivity index (χ4n) is 4.94. The van der Waals surface area contributed by atoms with Gasteiger partial charge in [-0.25, -0.2) is 4.79 Å². The van der Waals surface area contributed by atoms with Crippen molar-refractivity contribution in [1.29, 1.82) is 0 Å². The molecule has 0 radical (unpaired) electrons. The maximum absolute atomic E-state index is 11.6. The lowest BCUT2D eigenvalue weighted by Crippen LogP contribution is -2.49. The molecule has 4 aliphatic rings. The summed E-state index contributed by atoms with van der Waals surface area (Å²) in [7, 11) is 0. The van der Waals surface area contributed by atoms with Gasteiger partial charge < -0.3 is 9.84 Å². The van der Waals surface area contributed by atoms with E-state index in [0.717, 1.165) is 24.7 Å². The third-order valence-corrected chi connectivity index (χ3v) is 5.92. The highest BCUT2D eigenvalue weighted by atomic mass is 16.6. The van der Waals surface area contributed by atoms with Gasteiger partial charge in [0.15, 0.2) is 0 Å². The van der Waals surface area contributed by atoms with Gasteiger partial charge in [0, 0.05) is 5.57 Å². The average molecular weight is 234 g/mol. The van der Waals surface area contributed by atoms with Gasteiger partial charge >= 0.3 is 5.97 Å². The number of hydrogen-bond acceptors (Lipinski definition) is 3. The van der Waals surface area contributed by atoms with Gasteiger partial charge in [-0.15, -0.1) is 0 Å². The van der Waals surface area contributed by atoms with Gasteiger partial charge in [0.1, 0.15) is 6.10 Å². The number of aliphatic hydroxyl groups is 1. The SMILES string of the molecule is C=C1C(=O)O[C@H]2C[C@@]3(C)[C@@H]4C[C@@H]4C[C@@H]3[C@@H](O)[C@H]12. The predicted molar refractivity (Wildman–Crippen MR) is 60.9 cm³/mol. The predicted octanol–water partition coefficient (Wildman–Crippen LogP) is 1.51. The summed E-state index contributed by atoms with van der Waals surface area (Å²) in [4.78, 5) is 11.6. The molecule has 17 heavy (non-hydrogen) atoms. The summed E-state index contributed by atoms with van der Waals surface area (Å²) in [6.45, 7) is 6.08. The van der Waals surface area contributed by atoms with Gasteiger partial charge in [-0.2, -0.15) is 0 Å². The Labute approximate surface area is 101 Å². The summed E-state index contributed by atoms with van der Waals surface area (Å²) < 4.78 is 5.39. The van der Waals surface area contributed by atoms with Gasteiger partial charge in [-0.1, -0.05) is 13.5 Å². The van der Waals surface area contributed by atoms with Crippen LogP contribution in [0.25, 0.3) is 0 Å². The van der Waals surface area contributed by atoms with Crippen LogP contribution in [0.3, 0.4) is 0 Å². The maximum atomic E-state index is 11.6. The van der Waals surface area contributed by atoms with E-state index in [4.69, 9.17) is 4.74 Å². The molecule has 1 heterocycles. The first-order valence-electron chi connectivity index (χ1n) is 6.60. The minimum Gasteiger partial charge on any atom is -0.458 e. The molecule has 0 amide bonds. The Balaban J connectivity index is 1.73. The topological polar surface area (TPSA) is 46.5 Å². The van der Waals surface area contributed by atoms with Crippen molar-refractivity contribution in [3.8, 4) is 0 Å². The molecule has 0 aromatic carbocycles. The largest absolute Gasteiger partial charge is 0.458 e. The van der Waals surface area contributed by atoms with Crippen molar-refractivity contribution in [3.63, 3.8) is 0 Å². The van der Waals surface area contributed by atoms with E-state index in [1.54, 1.807) is 0 Å². The van der Waals surface area contributed by atoms with E-state index < -0.39 is 6.10 Å². The Bertz CT molecular complexity index is 429. The van der Waals surface area contributed by atoms with E-state index in [-0.39, 0.29) is 23.4 Å². The van der Waals surface area contributed by atoms with Crippen molar-refractivity contribution in [2.75, 3.05) is 0 Å². The van der Waals surface area contributed by atoms with Crippen LogP contribution in [0, 0.1) is 29.1 Å². The molecule has 3 heteroatoms. The Morgan fingerprint density at radius 2 is 2.12 bits per heavy atom. The monoisotopic (exact) mass is 234 g/mol. The van der Waals surface area contributed by atoms with Crippen molar-refractivity contribution in [3.05, 3.63) is 12.2 Å². The molecule has 3 saturated carbocycles. The quantitative estimate of drug-likeness (QED) is 0.510. The molecular formula is C14H18O3. The lowest BCUT2D eigenvalue weighted by molar-refractivity contribution is -0.146. The normalized spacial score (nSPS) is 59.4. The fourth-order valence-corrected chi connectivity index (χ4v) is 4.94. The molecule has 0 aromatic rings. The second kappa shape index (κ2) is 2.77. The van der Waals surface area contributed by atoms with Crippen LogP contribution in [0.1, 0.15) is 26.2 Å². The zero-order valence-electron chi connectivity index (χ0n) is 10.1. The van der Waals surface area contributed by atoms with Gasteiger partial charge in [0.2, 0.25) is 0 Å². The number of carbonyl (C=O) groups excluding carboxylic acids is 1. The van der Waals surface area contributed by atoms with Gasteiger partial charge in [0.05, 0.1) is 12.0 Å². The average Bonchev–Trinajstić information content (AvgIpc) is 2.91. The number of aliphatic hydroxyl groups excluding tert-OH is 1. The van der Waals surface area contributed by atoms with Crippen LogP contribution in [0.4, 0.5) is 0 Å². The second-order valence-corrected chi connectivity index (χ2v) is 6.64. The number of rotatable bonds is 0. The summed E-state index contributed by atoms with van der Waals surface area (Å²) in [6, 6.07) is 0. The van der Waals surface area contributed by atoms with E-state index in [9.17, 15) is 9.90 Å². The number of fused-ring (bicyclic) bond motifs is 4. The van der Waals surface area contributed by atoms with Crippen LogP contribution in [0.2, 0.25) is 0 Å². The Kier molecular flexibility index (Phi) is 1.65. The first-order valence-corrected chi connectivity index (χ1v) is 6.60. The summed E-state index contributed by atoms with van der Waals surface area (Å²) in [6.07, 6.45) is 2.82. The molecule has 0 aromatic heterocycles. The van der Waals surface area contributed by atoms with Crippen LogP contribution < -0.4 is 0 Å². The van der Waals surface area contributed by atoms with Crippen LogP contribution >= 0.6 is 0 Å². The lowest BCUT2D eigenvalue weighted by Gasteiger charge is -2.46. The Morgan fingerprint density at radius 1 is 1.41 bits per heavy atom. The highest BCUT2D eigenvalue weighted by Crippen LogP contribution is 2.70. The third kappa shape index (κ3) is 1.05. The number of carbonyl (C=O) groups is 1. The summed E-state index contributed by atoms with van der Waals surface area (Å²) in [5, 5.41) is 10.5. The third-order valence-electron chi connectivity index (χ3n) is 5.92. The molecule has 1 N–H and O–H groups in total. The van der Waals surface area contributed by atoms with E-state index in [1.165, 1.54) is 6.42 Å². The maximum Gasteiger partial charge on any atom is 0.334 e. The zero-order chi connectivity index (χ0) is 11.9. The van der Waals surface area contributed by atoms with E-state index in [1.807, 2.05) is 0 Å². The van der Waals surface area contributed by atoms with Gasteiger partial charge in [-0.3, -0.25) is 0 Å². The highest BCUT2D eigenvalue weighted by Gasteiger charge is 2.67. The number of esters is 1. The Hall–Kier alpha value is -0.830. The van der Waals surface area contributed by atoms with Crippen LogP contribution in [-0.2, 0) is 9.53 Å². The number of ether oxygens (including phenoxy) is 1. The van der Waals surface area contributed by atoms with Crippen molar-refractivity contribution in [2.24, 2.45) is 29.1 Å². The van der Waals surface area contributed by atoms with Crippen LogP contribution in [0.15, 0.2) is 12.2 Å². The molecule has 3 aliphatic carbocycles. The molecule has 1 saturated heterocycles. The molecule has 92 valence electrons. The van der Waals surface area contributed by atoms with Crippen LogP contribution in [0.5, 0.6) is 0 Å². The Morgan fingerprint density at radius 3 is 2.88 bits per heavy atom. The smallest absolute Gasteiger partial charge is 0.334 e. The molecule has 3 nitrogen and oxygen atoms in total. The molecule has 4 rings (SSSR count). The summed E-state index contributed by atoms with van der Waals surface area (Å²) in [5.41, 5.74) is 0.681. The molecule has 0 spiro atoms. The molecule has 7 atom stereocenters. The van der Waals surface area contributed by atoms with E-state index in [2.05, 4.69) is 13.5 Å². The van der Waals surface area contributed by atoms with Crippen molar-refractivity contribution >= 4 is 5.97 Å². The van der Waals surface area contributed by atoms with Crippen molar-refractivity contribution in [2.45, 2.75) is 38.4 Å². The lowest BCUT2D eigenvalue weighted by atomic mass is 9.60. The zero-order valence-corrected chi connectivity index (χ0v) is 10.1. The highest BCUT2D eigenvalue weighted by molar-refractivity contribution is 5.91. The van der Waals surface area contributed by atoms with Gasteiger partial charge in [-0.05, 0) is 42.4 Å². The van der Waals surface area contributed by atoms with Crippen molar-refractivity contribution in [1.82, 2.24) is 0 Å². The van der Waals surface area contributed by atoms with Gasteiger partial charge in [0.25, 0.3) is 0 Å². The van der Waals surface area contributed by atoms with Crippen molar-refractivity contribution < 1.29 is 14.6 Å². The number of hydrogen-bond donors (Lipinski definition) is 1. The second-order valence-electron chi connectivity index (χ2n) is 6.64. The minimum atomic E-state index is -0.425. The first kappa shape index (κ1) is 10.1. The van der Waals surface area contributed by atoms with E-state index >= 15 is 0 Å². The molecule has 1 aliphatic heterocycles. The van der Waals surface area contributed by atoms with Crippen LogP contribution in [-0.4, -0.2) is 23.3 Å². The molecule has 4 fully saturated rings. The summed E-state index contributed by atoms with van der Waals surface area (Å²) >= 11 is 0. The molecular weight excluding hydrogens is 216 g/mol. The minimum absolute atomic E-state index is 0.120. The molecule has 0 unspecified atom stereocenters. The summed E-state index contributed by atoms with van der Waals surface area (Å²) in [5.74, 6) is 1.49. The standard InChI is InChI=1S/C14H18O3/c1-6-11-10(17-13(6)16)5-14(2)8-3-7(8)4-9(14)12(11)15/h7-12,15H,1,3-5H2,2H3/t7-,8-,9-,10+,11-,12-,14+/m1/s1. The molecule has 0 bridgehead atoms. The van der Waals surface area contributed by atoms with E-state index in [0.29, 0.717) is 11.5 Å². The first-order chi connectivity index (χ1) is 8.02. The fraction of sp³-hybridized carbons (Fsp3) is 0.786.